The summed E-state index contributed by atoms with van der Waals surface area (Å²) in [6, 6.07) is 7.62. The topological polar surface area (TPSA) is 106 Å². The summed E-state index contributed by atoms with van der Waals surface area (Å²) in [6.07, 6.45) is 6.25. The predicted molar refractivity (Wildman–Crippen MR) is 121 cm³/mol. The van der Waals surface area contributed by atoms with Gasteiger partial charge in [-0.3, -0.25) is 9.48 Å². The molecule has 8 nitrogen and oxygen atoms in total. The van der Waals surface area contributed by atoms with Gasteiger partial charge in [-0.2, -0.15) is 13.9 Å². The van der Waals surface area contributed by atoms with Crippen LogP contribution in [0.25, 0.3) is 10.9 Å². The van der Waals surface area contributed by atoms with Crippen LogP contribution in [0.15, 0.2) is 36.5 Å². The molecule has 0 aliphatic heterocycles. The second kappa shape index (κ2) is 9.46. The van der Waals surface area contributed by atoms with Crippen molar-refractivity contribution in [3.05, 3.63) is 47.8 Å². The molecule has 1 aliphatic carbocycles. The van der Waals surface area contributed by atoms with E-state index in [0.717, 1.165) is 37.4 Å². The fourth-order valence-corrected chi connectivity index (χ4v) is 4.27. The van der Waals surface area contributed by atoms with E-state index in [0.29, 0.717) is 16.8 Å². The lowest BCUT2D eigenvalue weighted by Crippen LogP contribution is -2.21. The summed E-state index contributed by atoms with van der Waals surface area (Å²) < 4.78 is 31.1. The molecule has 180 valence electrons. The van der Waals surface area contributed by atoms with Crippen molar-refractivity contribution in [1.82, 2.24) is 14.8 Å². The summed E-state index contributed by atoms with van der Waals surface area (Å²) in [4.78, 5) is 27.7. The lowest BCUT2D eigenvalue weighted by Gasteiger charge is -2.25. The van der Waals surface area contributed by atoms with Gasteiger partial charge in [0.1, 0.15) is 12.0 Å². The Bertz CT molecular complexity index is 1200. The predicted octanol–water partition coefficient (Wildman–Crippen LogP) is 4.44. The van der Waals surface area contributed by atoms with E-state index < -0.39 is 18.1 Å². The Morgan fingerprint density at radius 3 is 2.65 bits per heavy atom. The summed E-state index contributed by atoms with van der Waals surface area (Å²) in [5.74, 6) is -0.904. The van der Waals surface area contributed by atoms with Gasteiger partial charge in [-0.25, -0.2) is 4.98 Å². The first-order chi connectivity index (χ1) is 16.1. The van der Waals surface area contributed by atoms with Gasteiger partial charge in [0.25, 0.3) is 5.91 Å². The van der Waals surface area contributed by atoms with Crippen LogP contribution in [0.4, 0.5) is 14.5 Å². The fourth-order valence-electron chi connectivity index (χ4n) is 4.27. The first-order valence-electron chi connectivity index (χ1n) is 11.1. The average Bonchev–Trinajstić information content (AvgIpc) is 3.21. The quantitative estimate of drug-likeness (QED) is 0.493. The van der Waals surface area contributed by atoms with Gasteiger partial charge in [0.2, 0.25) is 5.88 Å². The van der Waals surface area contributed by atoms with Crippen LogP contribution in [-0.4, -0.2) is 38.7 Å². The molecule has 3 aromatic rings. The van der Waals surface area contributed by atoms with Crippen molar-refractivity contribution in [2.45, 2.75) is 57.8 Å². The molecule has 1 fully saturated rings. The van der Waals surface area contributed by atoms with E-state index in [2.05, 4.69) is 20.1 Å². The molecular formula is C24H26F2N4O4. The minimum absolute atomic E-state index is 0.100. The maximum atomic E-state index is 12.8. The number of nitrogens with zero attached hydrogens (tertiary/aromatic N) is 3. The number of aliphatic hydroxyl groups is 1. The molecule has 1 aliphatic rings. The fraction of sp³-hybridized carbons (Fsp3) is 0.417. The first-order valence-corrected chi connectivity index (χ1v) is 11.1. The van der Waals surface area contributed by atoms with Gasteiger partial charge in [0.05, 0.1) is 17.2 Å². The Balaban J connectivity index is 1.63. The number of nitrogens with one attached hydrogen (secondary N) is 1. The van der Waals surface area contributed by atoms with E-state index in [1.165, 1.54) is 18.2 Å². The number of pyridine rings is 1. The minimum Gasteiger partial charge on any atom is -0.417 e. The van der Waals surface area contributed by atoms with Gasteiger partial charge < -0.3 is 20.0 Å². The molecular weight excluding hydrogens is 446 g/mol. The lowest BCUT2D eigenvalue weighted by atomic mass is 9.87. The number of aromatic nitrogens is 3. The Kier molecular flexibility index (Phi) is 6.60. The molecule has 1 saturated carbocycles. The molecule has 0 bridgehead atoms. The third kappa shape index (κ3) is 5.22. The van der Waals surface area contributed by atoms with Gasteiger partial charge in [-0.15, -0.1) is 0 Å². The third-order valence-electron chi connectivity index (χ3n) is 6.04. The van der Waals surface area contributed by atoms with Crippen LogP contribution in [0.5, 0.6) is 5.88 Å². The summed E-state index contributed by atoms with van der Waals surface area (Å²) in [5.41, 5.74) is 0.0662. The summed E-state index contributed by atoms with van der Waals surface area (Å²) >= 11 is 0. The third-order valence-corrected chi connectivity index (χ3v) is 6.04. The molecule has 0 spiro atoms. The number of ether oxygens (including phenoxy) is 1. The highest BCUT2D eigenvalue weighted by Gasteiger charge is 2.26. The van der Waals surface area contributed by atoms with Crippen LogP contribution < -0.4 is 10.1 Å². The Morgan fingerprint density at radius 1 is 1.26 bits per heavy atom. The number of halogens is 2. The zero-order valence-electron chi connectivity index (χ0n) is 18.9. The van der Waals surface area contributed by atoms with Crippen LogP contribution in [-0.2, 0) is 10.4 Å². The highest BCUT2D eigenvalue weighted by atomic mass is 19.3. The summed E-state index contributed by atoms with van der Waals surface area (Å²) in [5, 5.41) is 18.9. The van der Waals surface area contributed by atoms with Crippen LogP contribution >= 0.6 is 0 Å². The van der Waals surface area contributed by atoms with E-state index in [9.17, 15) is 23.5 Å². The molecule has 2 heterocycles. The Hall–Kier alpha value is -3.40. The van der Waals surface area contributed by atoms with Crippen molar-refractivity contribution in [3.63, 3.8) is 0 Å². The second-order valence-corrected chi connectivity index (χ2v) is 9.02. The first kappa shape index (κ1) is 23.7. The van der Waals surface area contributed by atoms with E-state index in [4.69, 9.17) is 0 Å². The average molecular weight is 472 g/mol. The van der Waals surface area contributed by atoms with Gasteiger partial charge in [-0.1, -0.05) is 6.07 Å². The number of alkyl halides is 2. The monoisotopic (exact) mass is 472 g/mol. The number of hydrogen-bond donors (Lipinski definition) is 2. The summed E-state index contributed by atoms with van der Waals surface area (Å²) in [7, 11) is 0. The minimum atomic E-state index is -3.06. The molecule has 0 radical (unpaired) electrons. The van der Waals surface area contributed by atoms with Crippen molar-refractivity contribution < 1.29 is 28.2 Å². The van der Waals surface area contributed by atoms with E-state index in [1.54, 1.807) is 26.0 Å². The normalized spacial score (nSPS) is 18.8. The number of fused-ring (bicyclic) bond motifs is 1. The van der Waals surface area contributed by atoms with Crippen molar-refractivity contribution in [1.29, 1.82) is 0 Å². The molecule has 0 saturated heterocycles. The van der Waals surface area contributed by atoms with Crippen molar-refractivity contribution in [3.8, 4) is 5.88 Å². The number of hydrogen-bond acceptors (Lipinski definition) is 6. The van der Waals surface area contributed by atoms with Gasteiger partial charge in [-0.05, 0) is 57.7 Å². The largest absolute Gasteiger partial charge is 0.417 e. The molecule has 0 atom stereocenters. The number of anilines is 1. The van der Waals surface area contributed by atoms with E-state index in [1.807, 2.05) is 10.9 Å². The molecule has 2 aromatic heterocycles. The van der Waals surface area contributed by atoms with Crippen molar-refractivity contribution >= 4 is 28.8 Å². The zero-order chi connectivity index (χ0) is 24.5. The van der Waals surface area contributed by atoms with Crippen LogP contribution in [0.3, 0.4) is 0 Å². The zero-order valence-corrected chi connectivity index (χ0v) is 18.9. The Morgan fingerprint density at radius 2 is 2.00 bits per heavy atom. The van der Waals surface area contributed by atoms with Crippen LogP contribution in [0.2, 0.25) is 0 Å². The number of benzene rings is 1. The van der Waals surface area contributed by atoms with E-state index >= 15 is 0 Å². The summed E-state index contributed by atoms with van der Waals surface area (Å²) in [6.45, 7) is 0.133. The number of amides is 1. The van der Waals surface area contributed by atoms with Gasteiger partial charge in [0.15, 0.2) is 0 Å². The van der Waals surface area contributed by atoms with Crippen molar-refractivity contribution in [2.75, 3.05) is 5.32 Å². The van der Waals surface area contributed by atoms with Gasteiger partial charge >= 0.3 is 6.61 Å². The maximum Gasteiger partial charge on any atom is 0.388 e. The molecule has 4 rings (SSSR count). The molecule has 1 amide bonds. The molecule has 10 heteroatoms. The highest BCUT2D eigenvalue weighted by Crippen LogP contribution is 2.35. The number of rotatable bonds is 7. The number of aldehydes is 1. The molecule has 34 heavy (non-hydrogen) atoms. The Labute approximate surface area is 194 Å². The maximum absolute atomic E-state index is 12.8. The van der Waals surface area contributed by atoms with Crippen LogP contribution in [0, 0.1) is 5.92 Å². The standard InChI is InChI=1S/C24H26F2N4O4/c1-24(2,33)17-11-19-15(12-30(29-19)16-8-6-14(13-31)7-9-16)10-20(17)28-22(32)18-4-3-5-21(27-18)34-23(25)26/h3-5,10-14,16,23,33H,6-9H2,1-2H3,(H,28,32). The van der Waals surface area contributed by atoms with Crippen LogP contribution in [0.1, 0.15) is 61.6 Å². The van der Waals surface area contributed by atoms with E-state index in [-0.39, 0.29) is 23.5 Å². The second-order valence-electron chi connectivity index (χ2n) is 9.02. The lowest BCUT2D eigenvalue weighted by molar-refractivity contribution is -0.112. The van der Waals surface area contributed by atoms with Crippen molar-refractivity contribution in [2.24, 2.45) is 5.92 Å². The molecule has 0 unspecified atom stereocenters. The molecule has 1 aromatic carbocycles. The SMILES string of the molecule is CC(C)(O)c1cc2nn(C3CCC(C=O)CC3)cc2cc1NC(=O)c1cccc(OC(F)F)n1. The highest BCUT2D eigenvalue weighted by molar-refractivity contribution is 6.04. The number of carbonyl (C=O) groups is 2. The number of carbonyl (C=O) groups excluding carboxylic acids is 2. The molecule has 2 N–H and O–H groups in total. The smallest absolute Gasteiger partial charge is 0.388 e. The van der Waals surface area contributed by atoms with Gasteiger partial charge in [0, 0.05) is 34.8 Å².